The lowest BCUT2D eigenvalue weighted by molar-refractivity contribution is -0.152. The molecule has 1 aromatic heterocycles. The summed E-state index contributed by atoms with van der Waals surface area (Å²) in [6.45, 7) is 5.13. The zero-order chi connectivity index (χ0) is 26.2. The Morgan fingerprint density at radius 2 is 1.89 bits per heavy atom. The monoisotopic (exact) mass is 524 g/mol. The molecule has 3 aromatic rings. The molecule has 0 saturated carbocycles. The Kier molecular flexibility index (Phi) is 7.18. The van der Waals surface area contributed by atoms with E-state index in [4.69, 9.17) is 9.47 Å². The van der Waals surface area contributed by atoms with Crippen molar-refractivity contribution in [3.05, 3.63) is 70.9 Å². The van der Waals surface area contributed by atoms with Crippen LogP contribution in [0.1, 0.15) is 41.7 Å². The number of piperidine rings is 1. The lowest BCUT2D eigenvalue weighted by Crippen LogP contribution is -2.56. The molecule has 4 atom stereocenters. The van der Waals surface area contributed by atoms with Gasteiger partial charge in [-0.25, -0.2) is 8.78 Å². The predicted octanol–water partition coefficient (Wildman–Crippen LogP) is 3.71. The summed E-state index contributed by atoms with van der Waals surface area (Å²) in [5, 5.41) is 4.86. The first-order chi connectivity index (χ1) is 18.5. The fourth-order valence-electron chi connectivity index (χ4n) is 6.61. The number of hydrogen-bond acceptors (Lipinski definition) is 6. The van der Waals surface area contributed by atoms with Crippen LogP contribution >= 0.6 is 0 Å². The van der Waals surface area contributed by atoms with Gasteiger partial charge in [0, 0.05) is 61.3 Å². The number of carbonyl (C=O) groups is 1. The Morgan fingerprint density at radius 1 is 1.11 bits per heavy atom. The summed E-state index contributed by atoms with van der Waals surface area (Å²) in [6, 6.07) is 11.5. The van der Waals surface area contributed by atoms with Gasteiger partial charge in [-0.1, -0.05) is 24.3 Å². The van der Waals surface area contributed by atoms with Crippen molar-refractivity contribution in [2.45, 2.75) is 43.4 Å². The van der Waals surface area contributed by atoms with Gasteiger partial charge in [0.25, 0.3) is 0 Å². The molecular formula is C29H34F2N4O3. The van der Waals surface area contributed by atoms with Gasteiger partial charge in [0.1, 0.15) is 6.04 Å². The number of halogens is 2. The third-order valence-electron chi connectivity index (χ3n) is 8.44. The van der Waals surface area contributed by atoms with Crippen LogP contribution in [-0.4, -0.2) is 79.3 Å². The molecule has 3 aliphatic heterocycles. The highest BCUT2D eigenvalue weighted by molar-refractivity contribution is 5.87. The minimum Gasteiger partial charge on any atom is -0.468 e. The average molecular weight is 525 g/mol. The molecule has 0 bridgehead atoms. The molecule has 0 unspecified atom stereocenters. The fraction of sp³-hybridized carbons (Fsp3) is 0.483. The van der Waals surface area contributed by atoms with Crippen LogP contribution in [0, 0.1) is 11.6 Å². The van der Waals surface area contributed by atoms with Gasteiger partial charge in [-0.3, -0.25) is 14.6 Å². The molecule has 2 aromatic carbocycles. The maximum Gasteiger partial charge on any atom is 0.323 e. The van der Waals surface area contributed by atoms with E-state index in [1.807, 2.05) is 12.1 Å². The van der Waals surface area contributed by atoms with Gasteiger partial charge in [0.05, 0.1) is 26.4 Å². The molecule has 9 heteroatoms. The zero-order valence-corrected chi connectivity index (χ0v) is 21.6. The smallest absolute Gasteiger partial charge is 0.323 e. The molecule has 4 heterocycles. The van der Waals surface area contributed by atoms with Crippen molar-refractivity contribution in [3.63, 3.8) is 0 Å². The number of H-pyrrole nitrogens is 1. The molecular weight excluding hydrogens is 490 g/mol. The Bertz CT molecular complexity index is 1310. The standard InChI is InChI=1S/C29H34F2N4O3/c1-37-29(36)27-17-21-20-4-2-3-5-24(20)33-28(21)26-16-19(32-8-9-34-10-12-38-13-11-34)15-25(35(26)27)18-6-7-22(30)23(31)14-18/h2-7,14,19,25-27,32-33H,8-13,15-17H2,1H3/t19-,25+,26-,27+/m1/s1. The minimum atomic E-state index is -0.876. The summed E-state index contributed by atoms with van der Waals surface area (Å²) >= 11 is 0. The molecule has 38 heavy (non-hydrogen) atoms. The van der Waals surface area contributed by atoms with Crippen LogP contribution < -0.4 is 5.32 Å². The van der Waals surface area contributed by atoms with Crippen molar-refractivity contribution >= 4 is 16.9 Å². The average Bonchev–Trinajstić information content (AvgIpc) is 3.33. The quantitative estimate of drug-likeness (QED) is 0.480. The lowest BCUT2D eigenvalue weighted by atomic mass is 9.79. The molecule has 2 saturated heterocycles. The summed E-state index contributed by atoms with van der Waals surface area (Å²) in [5.41, 5.74) is 3.94. The molecule has 6 rings (SSSR count). The minimum absolute atomic E-state index is 0.108. The van der Waals surface area contributed by atoms with E-state index in [-0.39, 0.29) is 24.1 Å². The molecule has 3 aliphatic rings. The van der Waals surface area contributed by atoms with Crippen LogP contribution in [0.25, 0.3) is 10.9 Å². The van der Waals surface area contributed by atoms with E-state index in [0.29, 0.717) is 18.4 Å². The second-order valence-corrected chi connectivity index (χ2v) is 10.5. The third-order valence-corrected chi connectivity index (χ3v) is 8.44. The maximum absolute atomic E-state index is 14.4. The molecule has 0 radical (unpaired) electrons. The Labute approximate surface area is 221 Å². The van der Waals surface area contributed by atoms with E-state index in [0.717, 1.165) is 68.0 Å². The Balaban J connectivity index is 1.36. The number of nitrogens with zero attached hydrogens (tertiary/aromatic N) is 2. The van der Waals surface area contributed by atoms with E-state index in [1.165, 1.54) is 19.2 Å². The van der Waals surface area contributed by atoms with Crippen molar-refractivity contribution in [1.82, 2.24) is 20.1 Å². The fourth-order valence-corrected chi connectivity index (χ4v) is 6.61. The molecule has 0 aliphatic carbocycles. The van der Waals surface area contributed by atoms with Crippen molar-refractivity contribution in [1.29, 1.82) is 0 Å². The van der Waals surface area contributed by atoms with E-state index < -0.39 is 17.7 Å². The van der Waals surface area contributed by atoms with Crippen molar-refractivity contribution in [3.8, 4) is 0 Å². The summed E-state index contributed by atoms with van der Waals surface area (Å²) in [4.78, 5) is 21.4. The van der Waals surface area contributed by atoms with E-state index in [9.17, 15) is 13.6 Å². The van der Waals surface area contributed by atoms with Gasteiger partial charge >= 0.3 is 5.97 Å². The van der Waals surface area contributed by atoms with Crippen LogP contribution in [0.4, 0.5) is 8.78 Å². The van der Waals surface area contributed by atoms with Gasteiger partial charge in [-0.2, -0.15) is 0 Å². The van der Waals surface area contributed by atoms with Crippen LogP contribution in [0.2, 0.25) is 0 Å². The number of para-hydroxylation sites is 1. The highest BCUT2D eigenvalue weighted by Gasteiger charge is 2.48. The highest BCUT2D eigenvalue weighted by Crippen LogP contribution is 2.49. The number of methoxy groups -OCH3 is 1. The maximum atomic E-state index is 14.4. The first kappa shape index (κ1) is 25.4. The van der Waals surface area contributed by atoms with Crippen LogP contribution in [0.5, 0.6) is 0 Å². The summed E-state index contributed by atoms with van der Waals surface area (Å²) < 4.78 is 39.1. The number of ether oxygens (including phenoxy) is 2. The summed E-state index contributed by atoms with van der Waals surface area (Å²) in [5.74, 6) is -2.06. The van der Waals surface area contributed by atoms with Gasteiger partial charge in [0.15, 0.2) is 11.6 Å². The zero-order valence-electron chi connectivity index (χ0n) is 21.6. The van der Waals surface area contributed by atoms with Crippen molar-refractivity contribution in [2.24, 2.45) is 0 Å². The van der Waals surface area contributed by atoms with Crippen LogP contribution in [0.3, 0.4) is 0 Å². The number of benzene rings is 2. The largest absolute Gasteiger partial charge is 0.468 e. The van der Waals surface area contributed by atoms with Gasteiger partial charge in [0.2, 0.25) is 0 Å². The molecule has 0 spiro atoms. The lowest BCUT2D eigenvalue weighted by Gasteiger charge is -2.50. The van der Waals surface area contributed by atoms with Crippen LogP contribution in [-0.2, 0) is 20.7 Å². The molecule has 202 valence electrons. The first-order valence-corrected chi connectivity index (χ1v) is 13.5. The van der Waals surface area contributed by atoms with Gasteiger partial charge in [-0.05, 0) is 42.2 Å². The first-order valence-electron chi connectivity index (χ1n) is 13.5. The summed E-state index contributed by atoms with van der Waals surface area (Å²) in [6.07, 6.45) is 1.96. The number of nitrogens with one attached hydrogen (secondary N) is 2. The van der Waals surface area contributed by atoms with E-state index >= 15 is 0 Å². The van der Waals surface area contributed by atoms with Crippen molar-refractivity contribution < 1.29 is 23.0 Å². The van der Waals surface area contributed by atoms with Gasteiger partial charge in [-0.15, -0.1) is 0 Å². The molecule has 2 N–H and O–H groups in total. The number of aromatic amines is 1. The Morgan fingerprint density at radius 3 is 2.68 bits per heavy atom. The van der Waals surface area contributed by atoms with E-state index in [2.05, 4.69) is 32.2 Å². The number of esters is 1. The highest BCUT2D eigenvalue weighted by atomic mass is 19.2. The SMILES string of the molecule is COC(=O)[C@@H]1Cc2c([nH]c3ccccc23)[C@H]2C[C@H](NCCN3CCOCC3)C[C@@H](c3ccc(F)c(F)c3)N21. The molecule has 2 fully saturated rings. The molecule has 7 nitrogen and oxygen atoms in total. The number of fused-ring (bicyclic) bond motifs is 5. The third kappa shape index (κ3) is 4.73. The number of hydrogen-bond donors (Lipinski definition) is 2. The van der Waals surface area contributed by atoms with E-state index in [1.54, 1.807) is 6.07 Å². The topological polar surface area (TPSA) is 69.8 Å². The number of aromatic nitrogens is 1. The number of carbonyl (C=O) groups excluding carboxylic acids is 1. The Hall–Kier alpha value is -2.85. The normalized spacial score (nSPS) is 26.2. The second kappa shape index (κ2) is 10.7. The predicted molar refractivity (Wildman–Crippen MR) is 140 cm³/mol. The number of morpholine rings is 1. The second-order valence-electron chi connectivity index (χ2n) is 10.5. The van der Waals surface area contributed by atoms with Crippen LogP contribution in [0.15, 0.2) is 42.5 Å². The van der Waals surface area contributed by atoms with Crippen molar-refractivity contribution in [2.75, 3.05) is 46.5 Å². The summed E-state index contributed by atoms with van der Waals surface area (Å²) in [7, 11) is 1.41. The number of rotatable bonds is 6. The molecule has 0 amide bonds. The van der Waals surface area contributed by atoms with Gasteiger partial charge < -0.3 is 19.8 Å².